The van der Waals surface area contributed by atoms with E-state index in [9.17, 15) is 0 Å². The molecule has 1 nitrogen and oxygen atoms in total. The highest BCUT2D eigenvalue weighted by molar-refractivity contribution is 9.10. The highest BCUT2D eigenvalue weighted by atomic mass is 79.9. The van der Waals surface area contributed by atoms with Gasteiger partial charge in [-0.25, -0.2) is 0 Å². The second-order valence-electron chi connectivity index (χ2n) is 4.59. The van der Waals surface area contributed by atoms with Crippen LogP contribution >= 0.6 is 39.9 Å². The Kier molecular flexibility index (Phi) is 6.28. The Hall–Kier alpha value is 0.240. The van der Waals surface area contributed by atoms with Gasteiger partial charge in [-0.2, -0.15) is 0 Å². The van der Waals surface area contributed by atoms with E-state index >= 15 is 0 Å². The summed E-state index contributed by atoms with van der Waals surface area (Å²) in [6, 6.07) is 6.04. The van der Waals surface area contributed by atoms with Gasteiger partial charge in [0.1, 0.15) is 0 Å². The second kappa shape index (κ2) is 6.98. The van der Waals surface area contributed by atoms with Crippen molar-refractivity contribution in [1.29, 1.82) is 0 Å². The smallest absolute Gasteiger partial charge is 0.0417 e. The fraction of sp³-hybridized carbons (Fsp3) is 0.538. The standard InChI is InChI=1S/C13H17BrClN.ClH/c14-12-8-10(15)6-7-11(12)13(16)9-4-2-1-3-5-9;/h6-9,13H,1-5,16H2;1H/t13-;/m1./s1. The predicted octanol–water partition coefficient (Wildman–Crippen LogP) is 5.10. The minimum Gasteiger partial charge on any atom is -0.324 e. The van der Waals surface area contributed by atoms with E-state index in [0.29, 0.717) is 5.92 Å². The second-order valence-corrected chi connectivity index (χ2v) is 5.88. The molecule has 0 radical (unpaired) electrons. The van der Waals surface area contributed by atoms with Crippen molar-refractivity contribution in [3.05, 3.63) is 33.3 Å². The van der Waals surface area contributed by atoms with E-state index in [-0.39, 0.29) is 18.4 Å². The number of hydrogen-bond donors (Lipinski definition) is 1. The summed E-state index contributed by atoms with van der Waals surface area (Å²) in [5, 5.41) is 0.756. The van der Waals surface area contributed by atoms with Gasteiger partial charge < -0.3 is 5.73 Å². The lowest BCUT2D eigenvalue weighted by atomic mass is 9.81. The van der Waals surface area contributed by atoms with Crippen molar-refractivity contribution in [3.8, 4) is 0 Å². The minimum atomic E-state index is 0. The zero-order valence-electron chi connectivity index (χ0n) is 9.66. The van der Waals surface area contributed by atoms with Crippen LogP contribution in [-0.2, 0) is 0 Å². The minimum absolute atomic E-state index is 0. The van der Waals surface area contributed by atoms with Gasteiger partial charge in [0.15, 0.2) is 0 Å². The van der Waals surface area contributed by atoms with Crippen LogP contribution in [0.1, 0.15) is 43.7 Å². The van der Waals surface area contributed by atoms with Crippen LogP contribution in [0.2, 0.25) is 5.02 Å². The predicted molar refractivity (Wildman–Crippen MR) is 79.9 cm³/mol. The first-order valence-electron chi connectivity index (χ1n) is 5.89. The monoisotopic (exact) mass is 337 g/mol. The van der Waals surface area contributed by atoms with Crippen LogP contribution < -0.4 is 5.73 Å². The summed E-state index contributed by atoms with van der Waals surface area (Å²) < 4.78 is 1.04. The van der Waals surface area contributed by atoms with Crippen LogP contribution in [-0.4, -0.2) is 0 Å². The van der Waals surface area contributed by atoms with Gasteiger partial charge in [-0.3, -0.25) is 0 Å². The average molecular weight is 339 g/mol. The molecule has 1 aliphatic carbocycles. The summed E-state index contributed by atoms with van der Waals surface area (Å²) in [7, 11) is 0. The average Bonchev–Trinajstić information content (AvgIpc) is 2.29. The quantitative estimate of drug-likeness (QED) is 0.797. The molecular weight excluding hydrogens is 321 g/mol. The normalized spacial score (nSPS) is 18.5. The number of benzene rings is 1. The molecule has 1 aromatic rings. The summed E-state index contributed by atoms with van der Waals surface area (Å²) in [6.45, 7) is 0. The van der Waals surface area contributed by atoms with Crippen LogP contribution in [0.15, 0.2) is 22.7 Å². The van der Waals surface area contributed by atoms with E-state index in [0.717, 1.165) is 9.50 Å². The van der Waals surface area contributed by atoms with Gasteiger partial charge in [0, 0.05) is 15.5 Å². The lowest BCUT2D eigenvalue weighted by Gasteiger charge is -2.28. The van der Waals surface area contributed by atoms with Crippen molar-refractivity contribution in [1.82, 2.24) is 0 Å². The van der Waals surface area contributed by atoms with Gasteiger partial charge in [-0.15, -0.1) is 12.4 Å². The third-order valence-corrected chi connectivity index (χ3v) is 4.40. The molecule has 1 atom stereocenters. The van der Waals surface area contributed by atoms with Crippen molar-refractivity contribution in [2.75, 3.05) is 0 Å². The van der Waals surface area contributed by atoms with Gasteiger partial charge in [-0.05, 0) is 36.5 Å². The maximum Gasteiger partial charge on any atom is 0.0417 e. The van der Waals surface area contributed by atoms with E-state index in [1.807, 2.05) is 18.2 Å². The molecule has 2 rings (SSSR count). The van der Waals surface area contributed by atoms with Crippen LogP contribution in [0.25, 0.3) is 0 Å². The maximum atomic E-state index is 6.35. The van der Waals surface area contributed by atoms with Gasteiger partial charge in [0.25, 0.3) is 0 Å². The van der Waals surface area contributed by atoms with E-state index in [2.05, 4.69) is 15.9 Å². The van der Waals surface area contributed by atoms with E-state index < -0.39 is 0 Å². The van der Waals surface area contributed by atoms with Crippen LogP contribution in [0.4, 0.5) is 0 Å². The molecule has 0 amide bonds. The molecule has 0 aromatic heterocycles. The molecule has 4 heteroatoms. The SMILES string of the molecule is Cl.N[C@@H](c1ccc(Cl)cc1Br)C1CCCCC1. The highest BCUT2D eigenvalue weighted by Gasteiger charge is 2.23. The largest absolute Gasteiger partial charge is 0.324 e. The molecule has 96 valence electrons. The number of nitrogens with two attached hydrogens (primary N) is 1. The summed E-state index contributed by atoms with van der Waals surface area (Å²) in [5.41, 5.74) is 7.54. The zero-order chi connectivity index (χ0) is 11.5. The van der Waals surface area contributed by atoms with Gasteiger partial charge >= 0.3 is 0 Å². The summed E-state index contributed by atoms with van der Waals surface area (Å²) in [5.74, 6) is 0.631. The molecule has 0 heterocycles. The Morgan fingerprint density at radius 3 is 2.47 bits per heavy atom. The fourth-order valence-electron chi connectivity index (χ4n) is 2.52. The zero-order valence-corrected chi connectivity index (χ0v) is 12.8. The van der Waals surface area contributed by atoms with Crippen molar-refractivity contribution in [2.24, 2.45) is 11.7 Å². The summed E-state index contributed by atoms with van der Waals surface area (Å²) >= 11 is 9.49. The molecule has 0 spiro atoms. The van der Waals surface area contributed by atoms with Crippen molar-refractivity contribution in [2.45, 2.75) is 38.1 Å². The third kappa shape index (κ3) is 3.85. The third-order valence-electron chi connectivity index (χ3n) is 3.48. The molecule has 1 fully saturated rings. The molecule has 2 N–H and O–H groups in total. The van der Waals surface area contributed by atoms with Crippen molar-refractivity contribution < 1.29 is 0 Å². The topological polar surface area (TPSA) is 26.0 Å². The maximum absolute atomic E-state index is 6.35. The first kappa shape index (κ1) is 15.3. The van der Waals surface area contributed by atoms with Gasteiger partial charge in [0.2, 0.25) is 0 Å². The lowest BCUT2D eigenvalue weighted by Crippen LogP contribution is -2.23. The summed E-state index contributed by atoms with van der Waals surface area (Å²) in [6.07, 6.45) is 6.53. The molecule has 17 heavy (non-hydrogen) atoms. The molecular formula is C13H18BrCl2N. The van der Waals surface area contributed by atoms with E-state index in [4.69, 9.17) is 17.3 Å². The molecule has 0 saturated heterocycles. The van der Waals surface area contributed by atoms with Crippen LogP contribution in [0, 0.1) is 5.92 Å². The first-order chi connectivity index (χ1) is 7.68. The number of hydrogen-bond acceptors (Lipinski definition) is 1. The van der Waals surface area contributed by atoms with Crippen LogP contribution in [0.3, 0.4) is 0 Å². The Labute approximate surface area is 123 Å². The molecule has 0 aliphatic heterocycles. The molecule has 0 unspecified atom stereocenters. The lowest BCUT2D eigenvalue weighted by molar-refractivity contribution is 0.307. The molecule has 1 aliphatic rings. The fourth-order valence-corrected chi connectivity index (χ4v) is 3.47. The van der Waals surface area contributed by atoms with E-state index in [1.54, 1.807) is 0 Å². The molecule has 1 saturated carbocycles. The van der Waals surface area contributed by atoms with Gasteiger partial charge in [0.05, 0.1) is 0 Å². The molecule has 1 aromatic carbocycles. The Morgan fingerprint density at radius 2 is 1.88 bits per heavy atom. The first-order valence-corrected chi connectivity index (χ1v) is 7.06. The highest BCUT2D eigenvalue weighted by Crippen LogP contribution is 2.36. The Balaban J connectivity index is 0.00000144. The van der Waals surface area contributed by atoms with Crippen LogP contribution in [0.5, 0.6) is 0 Å². The Morgan fingerprint density at radius 1 is 1.24 bits per heavy atom. The van der Waals surface area contributed by atoms with Gasteiger partial charge in [-0.1, -0.05) is 52.9 Å². The van der Waals surface area contributed by atoms with Crippen molar-refractivity contribution in [3.63, 3.8) is 0 Å². The number of halogens is 3. The van der Waals surface area contributed by atoms with E-state index in [1.165, 1.54) is 37.7 Å². The summed E-state index contributed by atoms with van der Waals surface area (Å²) in [4.78, 5) is 0. The molecule has 0 bridgehead atoms. The Bertz CT molecular complexity index is 364. The van der Waals surface area contributed by atoms with Crippen molar-refractivity contribution >= 4 is 39.9 Å². The number of rotatable bonds is 2.